The van der Waals surface area contributed by atoms with Crippen molar-refractivity contribution in [1.82, 2.24) is 4.90 Å². The van der Waals surface area contributed by atoms with Crippen LogP contribution in [0.1, 0.15) is 43.4 Å². The number of Topliss-reactive ketones (excluding diaryl/α,β-unsaturated/α-hetero) is 1. The number of methoxy groups -OCH3 is 1. The lowest BCUT2D eigenvalue weighted by molar-refractivity contribution is -0.178. The van der Waals surface area contributed by atoms with Crippen LogP contribution < -0.4 is 20.1 Å². The molecule has 3 aromatic rings. The number of carbonyl (C=O) groups is 5. The average molecular weight is 730 g/mol. The van der Waals surface area contributed by atoms with Crippen molar-refractivity contribution >= 4 is 40.8 Å². The molecule has 53 heavy (non-hydrogen) atoms. The highest BCUT2D eigenvalue weighted by atomic mass is 16.7. The number of benzene rings is 3. The van der Waals surface area contributed by atoms with Crippen molar-refractivity contribution in [2.24, 2.45) is 11.3 Å². The summed E-state index contributed by atoms with van der Waals surface area (Å²) in [4.78, 5) is 70.5. The van der Waals surface area contributed by atoms with Crippen molar-refractivity contribution in [1.29, 1.82) is 0 Å². The molecule has 3 atom stereocenters. The van der Waals surface area contributed by atoms with Crippen LogP contribution in [0.3, 0.4) is 0 Å². The van der Waals surface area contributed by atoms with Crippen molar-refractivity contribution < 1.29 is 47.7 Å². The van der Waals surface area contributed by atoms with Crippen molar-refractivity contribution in [3.05, 3.63) is 83.4 Å². The largest absolute Gasteiger partial charge is 0.495 e. The van der Waals surface area contributed by atoms with Gasteiger partial charge in [0.2, 0.25) is 11.8 Å². The van der Waals surface area contributed by atoms with Gasteiger partial charge in [-0.1, -0.05) is 48.0 Å². The highest BCUT2D eigenvalue weighted by Crippen LogP contribution is 2.35. The molecule has 2 aliphatic rings. The molecule has 0 aromatic heterocycles. The number of hydrogen-bond acceptors (Lipinski definition) is 10. The van der Waals surface area contributed by atoms with Gasteiger partial charge in [0.1, 0.15) is 24.4 Å². The maximum atomic E-state index is 14.4. The Labute approximate surface area is 309 Å². The number of ether oxygens (including phenoxy) is 5. The molecule has 2 fully saturated rings. The Hall–Kier alpha value is -5.11. The topological polar surface area (TPSA) is 159 Å². The minimum atomic E-state index is -1.89. The van der Waals surface area contributed by atoms with E-state index in [0.717, 1.165) is 27.3 Å². The van der Waals surface area contributed by atoms with Gasteiger partial charge in [0.25, 0.3) is 11.8 Å². The highest BCUT2D eigenvalue weighted by Gasteiger charge is 2.56. The second-order valence-corrected chi connectivity index (χ2v) is 13.5. The molecule has 2 N–H and O–H groups in total. The molecule has 3 unspecified atom stereocenters. The summed E-state index contributed by atoms with van der Waals surface area (Å²) in [6.07, 6.45) is -0.420. The number of rotatable bonds is 16. The number of aryl methyl sites for hydroxylation is 2. The quantitative estimate of drug-likeness (QED) is 0.121. The van der Waals surface area contributed by atoms with E-state index in [4.69, 9.17) is 23.7 Å². The summed E-state index contributed by atoms with van der Waals surface area (Å²) in [5.41, 5.74) is 2.03. The van der Waals surface area contributed by atoms with Gasteiger partial charge in [-0.05, 0) is 75.9 Å². The molecule has 2 saturated heterocycles. The Balaban J connectivity index is 1.36. The summed E-state index contributed by atoms with van der Waals surface area (Å²) in [7, 11) is 1.40. The molecule has 282 valence electrons. The summed E-state index contributed by atoms with van der Waals surface area (Å²) in [6.45, 7) is 7.49. The molecule has 0 aliphatic carbocycles. The normalized spacial score (nSPS) is 18.7. The number of nitrogens with zero attached hydrogens (tertiary/aromatic N) is 1. The number of ketones is 1. The zero-order valence-electron chi connectivity index (χ0n) is 30.8. The number of anilines is 2. The van der Waals surface area contributed by atoms with Crippen molar-refractivity contribution in [3.63, 3.8) is 0 Å². The molecule has 0 saturated carbocycles. The molecule has 4 amide bonds. The number of nitrogens with one attached hydrogen (secondary N) is 2. The fourth-order valence-electron chi connectivity index (χ4n) is 6.55. The molecule has 3 aromatic carbocycles. The van der Waals surface area contributed by atoms with E-state index < -0.39 is 47.0 Å². The van der Waals surface area contributed by atoms with E-state index >= 15 is 0 Å². The van der Waals surface area contributed by atoms with E-state index in [-0.39, 0.29) is 56.8 Å². The predicted molar refractivity (Wildman–Crippen MR) is 195 cm³/mol. The van der Waals surface area contributed by atoms with Gasteiger partial charge in [-0.3, -0.25) is 28.9 Å². The first-order valence-electron chi connectivity index (χ1n) is 17.7. The summed E-state index contributed by atoms with van der Waals surface area (Å²) >= 11 is 0. The van der Waals surface area contributed by atoms with Gasteiger partial charge in [-0.2, -0.15) is 0 Å². The second kappa shape index (κ2) is 17.6. The molecule has 5 rings (SSSR count). The summed E-state index contributed by atoms with van der Waals surface area (Å²) < 4.78 is 28.0. The standard InChI is InChI=1S/C40H47N3O10/c1-6-52-35-29(20-27-11-8-7-9-12-27)38(47)43(39(35)48)34(36(45)40(4)22-50-24-51-23-40)37(46)42-30-21-28(15-17-32(30)49-5)41-33(44)13-10-18-53-31-16-14-25(2)19-26(31)3/h7-9,11-12,14-17,19,21,29,34-35H,6,10,13,18,20,22-24H2,1-5H3,(H,41,44)(H,42,46). The molecule has 2 aliphatic heterocycles. The van der Waals surface area contributed by atoms with Crippen LogP contribution in [-0.4, -0.2) is 86.8 Å². The Kier molecular flexibility index (Phi) is 13.0. The van der Waals surface area contributed by atoms with E-state index in [9.17, 15) is 24.0 Å². The zero-order chi connectivity index (χ0) is 38.1. The monoisotopic (exact) mass is 729 g/mol. The molecular formula is C40H47N3O10. The summed E-state index contributed by atoms with van der Waals surface area (Å²) in [6, 6.07) is 17.8. The SMILES string of the molecule is CCOC1C(=O)N(C(C(=O)Nc2cc(NC(=O)CCCOc3ccc(C)cc3C)ccc2OC)C(=O)C2(C)COCOC2)C(=O)C1Cc1ccccc1. The smallest absolute Gasteiger partial charge is 0.260 e. The molecule has 0 radical (unpaired) electrons. The third-order valence-corrected chi connectivity index (χ3v) is 9.28. The first-order chi connectivity index (χ1) is 25.4. The van der Waals surface area contributed by atoms with Gasteiger partial charge >= 0.3 is 0 Å². The Morgan fingerprint density at radius 2 is 1.66 bits per heavy atom. The van der Waals surface area contributed by atoms with E-state index in [1.165, 1.54) is 13.2 Å². The van der Waals surface area contributed by atoms with Crippen LogP contribution in [0, 0.1) is 25.2 Å². The molecule has 0 bridgehead atoms. The lowest BCUT2D eigenvalue weighted by Gasteiger charge is -2.36. The van der Waals surface area contributed by atoms with Crippen LogP contribution >= 0.6 is 0 Å². The molecule has 0 spiro atoms. The lowest BCUT2D eigenvalue weighted by atomic mass is 9.82. The fraction of sp³-hybridized carbons (Fsp3) is 0.425. The molecule has 2 heterocycles. The molecule has 13 nitrogen and oxygen atoms in total. The van der Waals surface area contributed by atoms with Gasteiger partial charge < -0.3 is 34.3 Å². The minimum absolute atomic E-state index is 0.0397. The minimum Gasteiger partial charge on any atom is -0.495 e. The van der Waals surface area contributed by atoms with Crippen LogP contribution in [0.5, 0.6) is 11.5 Å². The average Bonchev–Trinajstić information content (AvgIpc) is 3.35. The first-order valence-corrected chi connectivity index (χ1v) is 17.7. The second-order valence-electron chi connectivity index (χ2n) is 13.5. The number of likely N-dealkylation sites (tertiary alicyclic amines) is 1. The van der Waals surface area contributed by atoms with Gasteiger partial charge in [-0.25, -0.2) is 0 Å². The van der Waals surface area contributed by atoms with Crippen LogP contribution in [0.2, 0.25) is 0 Å². The number of amides is 4. The number of imide groups is 1. The Morgan fingerprint density at radius 3 is 2.34 bits per heavy atom. The van der Waals surface area contributed by atoms with Crippen molar-refractivity contribution in [2.45, 2.75) is 59.1 Å². The Morgan fingerprint density at radius 1 is 0.943 bits per heavy atom. The van der Waals surface area contributed by atoms with E-state index in [1.807, 2.05) is 62.4 Å². The van der Waals surface area contributed by atoms with Gasteiger partial charge in [-0.15, -0.1) is 0 Å². The van der Waals surface area contributed by atoms with Crippen molar-refractivity contribution in [3.8, 4) is 11.5 Å². The zero-order valence-corrected chi connectivity index (χ0v) is 30.8. The Bertz CT molecular complexity index is 1810. The third-order valence-electron chi connectivity index (χ3n) is 9.28. The van der Waals surface area contributed by atoms with Gasteiger partial charge in [0.15, 0.2) is 11.8 Å². The first kappa shape index (κ1) is 39.1. The maximum Gasteiger partial charge on any atom is 0.260 e. The number of carbonyl (C=O) groups excluding carboxylic acids is 5. The molecule has 13 heteroatoms. The summed E-state index contributed by atoms with van der Waals surface area (Å²) in [5, 5.41) is 5.51. The lowest BCUT2D eigenvalue weighted by Crippen LogP contribution is -2.59. The molecular weight excluding hydrogens is 682 g/mol. The highest BCUT2D eigenvalue weighted by molar-refractivity contribution is 6.20. The predicted octanol–water partition coefficient (Wildman–Crippen LogP) is 4.63. The van der Waals surface area contributed by atoms with Crippen LogP contribution in [0.4, 0.5) is 11.4 Å². The van der Waals surface area contributed by atoms with E-state index in [1.54, 1.807) is 26.0 Å². The van der Waals surface area contributed by atoms with Crippen molar-refractivity contribution in [2.75, 3.05) is 51.0 Å². The number of hydrogen-bond donors (Lipinski definition) is 2. The maximum absolute atomic E-state index is 14.4. The third kappa shape index (κ3) is 9.28. The van der Waals surface area contributed by atoms with E-state index in [2.05, 4.69) is 10.6 Å². The van der Waals surface area contributed by atoms with Crippen LogP contribution in [-0.2, 0) is 44.6 Å². The van der Waals surface area contributed by atoms with Gasteiger partial charge in [0.05, 0.1) is 44.0 Å². The van der Waals surface area contributed by atoms with Crippen LogP contribution in [0.25, 0.3) is 0 Å². The van der Waals surface area contributed by atoms with E-state index in [0.29, 0.717) is 18.7 Å². The summed E-state index contributed by atoms with van der Waals surface area (Å²) in [5.74, 6) is -3.47. The van der Waals surface area contributed by atoms with Crippen LogP contribution in [0.15, 0.2) is 66.7 Å². The van der Waals surface area contributed by atoms with Gasteiger partial charge in [0, 0.05) is 18.7 Å². The fourth-order valence-corrected chi connectivity index (χ4v) is 6.55.